The number of fused-ring (bicyclic) bond motifs is 1. The summed E-state index contributed by atoms with van der Waals surface area (Å²) in [6.07, 6.45) is 2.29. The predicted molar refractivity (Wildman–Crippen MR) is 64.2 cm³/mol. The second-order valence-corrected chi connectivity index (χ2v) is 5.72. The summed E-state index contributed by atoms with van der Waals surface area (Å²) in [5, 5.41) is 0. The zero-order valence-electron chi connectivity index (χ0n) is 7.98. The lowest BCUT2D eigenvalue weighted by Crippen LogP contribution is -1.98. The summed E-state index contributed by atoms with van der Waals surface area (Å²) in [6, 6.07) is 8.60. The van der Waals surface area contributed by atoms with Gasteiger partial charge in [-0.05, 0) is 51.4 Å². The molecule has 0 amide bonds. The number of hydrogen-bond acceptors (Lipinski definition) is 3. The number of aromatic nitrogens is 2. The Labute approximate surface area is 101 Å². The van der Waals surface area contributed by atoms with Crippen LogP contribution in [0.2, 0.25) is 0 Å². The second-order valence-electron chi connectivity index (χ2n) is 3.70. The molecule has 1 aliphatic rings. The van der Waals surface area contributed by atoms with Gasteiger partial charge >= 0.3 is 0 Å². The van der Waals surface area contributed by atoms with Crippen LogP contribution in [0.4, 0.5) is 0 Å². The largest absolute Gasteiger partial charge is 0.212 e. The average molecular weight is 281 g/mol. The fraction of sp³-hybridized carbons (Fsp3) is 0.273. The van der Waals surface area contributed by atoms with E-state index in [2.05, 4.69) is 49.6 Å². The van der Waals surface area contributed by atoms with Gasteiger partial charge in [0.15, 0.2) is 9.74 Å². The molecule has 2 nitrogen and oxygen atoms in total. The van der Waals surface area contributed by atoms with Crippen LogP contribution in [0.5, 0.6) is 0 Å². The molecular formula is C11H9BrN2S. The molecule has 1 atom stereocenters. The summed E-state index contributed by atoms with van der Waals surface area (Å²) < 4.78 is 5.26. The Morgan fingerprint density at radius 1 is 1.33 bits per heavy atom. The molecule has 0 saturated carbocycles. The van der Waals surface area contributed by atoms with Crippen molar-refractivity contribution in [3.63, 3.8) is 0 Å². The van der Waals surface area contributed by atoms with Crippen molar-refractivity contribution in [2.45, 2.75) is 18.8 Å². The van der Waals surface area contributed by atoms with Gasteiger partial charge < -0.3 is 0 Å². The Morgan fingerprint density at radius 2 is 2.20 bits per heavy atom. The van der Waals surface area contributed by atoms with Gasteiger partial charge in [0.1, 0.15) is 0 Å². The lowest BCUT2D eigenvalue weighted by molar-refractivity contribution is 0.743. The highest BCUT2D eigenvalue weighted by molar-refractivity contribution is 9.11. The summed E-state index contributed by atoms with van der Waals surface area (Å²) in [6.45, 7) is 0. The van der Waals surface area contributed by atoms with E-state index in [4.69, 9.17) is 0 Å². The lowest BCUT2D eigenvalue weighted by Gasteiger charge is -2.05. The van der Waals surface area contributed by atoms with Crippen molar-refractivity contribution in [3.8, 4) is 0 Å². The first-order valence-corrected chi connectivity index (χ1v) is 6.48. The standard InChI is InChI=1S/C11H9BrN2S/c12-11-13-10(14-15-11)9-6-5-7-3-1-2-4-8(7)9/h1-4,9H,5-6H2. The molecule has 0 aliphatic heterocycles. The van der Waals surface area contributed by atoms with Crippen molar-refractivity contribution in [1.29, 1.82) is 0 Å². The lowest BCUT2D eigenvalue weighted by atomic mass is 10.0. The van der Waals surface area contributed by atoms with Crippen LogP contribution in [0.25, 0.3) is 0 Å². The number of benzene rings is 1. The molecule has 0 N–H and O–H groups in total. The molecule has 0 fully saturated rings. The molecule has 1 aromatic heterocycles. The fourth-order valence-corrected chi connectivity index (χ4v) is 3.05. The van der Waals surface area contributed by atoms with Gasteiger partial charge in [-0.3, -0.25) is 0 Å². The number of hydrogen-bond donors (Lipinski definition) is 0. The predicted octanol–water partition coefficient (Wildman–Crippen LogP) is 3.38. The third-order valence-corrected chi connectivity index (χ3v) is 3.99. The van der Waals surface area contributed by atoms with Crippen molar-refractivity contribution < 1.29 is 0 Å². The topological polar surface area (TPSA) is 25.8 Å². The first-order valence-electron chi connectivity index (χ1n) is 4.91. The molecule has 0 spiro atoms. The van der Waals surface area contributed by atoms with Crippen molar-refractivity contribution in [2.75, 3.05) is 0 Å². The van der Waals surface area contributed by atoms with Crippen LogP contribution in [0, 0.1) is 0 Å². The summed E-state index contributed by atoms with van der Waals surface area (Å²) in [5.74, 6) is 1.38. The van der Waals surface area contributed by atoms with Crippen LogP contribution in [-0.2, 0) is 6.42 Å². The Kier molecular flexibility index (Phi) is 2.33. The second kappa shape index (κ2) is 3.68. The zero-order chi connectivity index (χ0) is 10.3. The monoisotopic (exact) mass is 280 g/mol. The van der Waals surface area contributed by atoms with Crippen LogP contribution in [-0.4, -0.2) is 9.36 Å². The van der Waals surface area contributed by atoms with E-state index >= 15 is 0 Å². The quantitative estimate of drug-likeness (QED) is 0.800. The van der Waals surface area contributed by atoms with E-state index in [9.17, 15) is 0 Å². The fourth-order valence-electron chi connectivity index (χ4n) is 2.18. The van der Waals surface area contributed by atoms with Gasteiger partial charge in [-0.1, -0.05) is 24.3 Å². The minimum absolute atomic E-state index is 0.406. The van der Waals surface area contributed by atoms with Gasteiger partial charge in [-0.15, -0.1) is 0 Å². The van der Waals surface area contributed by atoms with E-state index in [-0.39, 0.29) is 0 Å². The molecule has 1 aliphatic carbocycles. The number of nitrogens with zero attached hydrogens (tertiary/aromatic N) is 2. The molecule has 0 bridgehead atoms. The molecule has 1 unspecified atom stereocenters. The van der Waals surface area contributed by atoms with E-state index in [0.717, 1.165) is 22.6 Å². The third kappa shape index (κ3) is 1.62. The van der Waals surface area contributed by atoms with Gasteiger partial charge in [-0.2, -0.15) is 4.37 Å². The van der Waals surface area contributed by atoms with Gasteiger partial charge in [0, 0.05) is 5.92 Å². The van der Waals surface area contributed by atoms with Crippen LogP contribution in [0.15, 0.2) is 28.2 Å². The molecule has 4 heteroatoms. The smallest absolute Gasteiger partial charge is 0.179 e. The van der Waals surface area contributed by atoms with Crippen molar-refractivity contribution >= 4 is 27.5 Å². The number of rotatable bonds is 1. The molecule has 0 radical (unpaired) electrons. The summed E-state index contributed by atoms with van der Waals surface area (Å²) in [4.78, 5) is 4.42. The highest BCUT2D eigenvalue weighted by atomic mass is 79.9. The van der Waals surface area contributed by atoms with E-state index in [0.29, 0.717) is 5.92 Å². The van der Waals surface area contributed by atoms with Gasteiger partial charge in [0.25, 0.3) is 0 Å². The summed E-state index contributed by atoms with van der Waals surface area (Å²) in [5.41, 5.74) is 2.86. The normalized spacial score (nSPS) is 19.1. The summed E-state index contributed by atoms with van der Waals surface area (Å²) >= 11 is 4.79. The highest BCUT2D eigenvalue weighted by Crippen LogP contribution is 2.37. The maximum Gasteiger partial charge on any atom is 0.179 e. The van der Waals surface area contributed by atoms with Crippen molar-refractivity contribution in [3.05, 3.63) is 45.1 Å². The van der Waals surface area contributed by atoms with Crippen LogP contribution < -0.4 is 0 Å². The van der Waals surface area contributed by atoms with Gasteiger partial charge in [-0.25, -0.2) is 4.98 Å². The molecule has 3 rings (SSSR count). The Bertz CT molecular complexity index is 495. The molecule has 76 valence electrons. The molecule has 2 aromatic rings. The minimum atomic E-state index is 0.406. The van der Waals surface area contributed by atoms with E-state index in [1.165, 1.54) is 22.7 Å². The number of aryl methyl sites for hydroxylation is 1. The molecule has 1 heterocycles. The molecule has 0 saturated heterocycles. The molecule has 15 heavy (non-hydrogen) atoms. The van der Waals surface area contributed by atoms with Crippen molar-refractivity contribution in [2.24, 2.45) is 0 Å². The van der Waals surface area contributed by atoms with E-state index < -0.39 is 0 Å². The first kappa shape index (κ1) is 9.48. The van der Waals surface area contributed by atoms with Gasteiger partial charge in [0.05, 0.1) is 0 Å². The van der Waals surface area contributed by atoms with Crippen LogP contribution in [0.3, 0.4) is 0 Å². The van der Waals surface area contributed by atoms with Crippen LogP contribution in [0.1, 0.15) is 29.3 Å². The zero-order valence-corrected chi connectivity index (χ0v) is 10.4. The first-order chi connectivity index (χ1) is 7.34. The maximum atomic E-state index is 4.42. The minimum Gasteiger partial charge on any atom is -0.212 e. The maximum absolute atomic E-state index is 4.42. The van der Waals surface area contributed by atoms with Crippen LogP contribution >= 0.6 is 27.5 Å². The summed E-state index contributed by atoms with van der Waals surface area (Å²) in [7, 11) is 0. The molecule has 1 aromatic carbocycles. The van der Waals surface area contributed by atoms with E-state index in [1.54, 1.807) is 0 Å². The van der Waals surface area contributed by atoms with Gasteiger partial charge in [0.2, 0.25) is 0 Å². The Hall–Kier alpha value is -0.740. The highest BCUT2D eigenvalue weighted by Gasteiger charge is 2.26. The Balaban J connectivity index is 2.04. The molecular weight excluding hydrogens is 272 g/mol. The third-order valence-electron chi connectivity index (χ3n) is 2.86. The number of halogens is 1. The van der Waals surface area contributed by atoms with Crippen molar-refractivity contribution in [1.82, 2.24) is 9.36 Å². The average Bonchev–Trinajstić information content (AvgIpc) is 2.83. The van der Waals surface area contributed by atoms with E-state index in [1.807, 2.05) is 0 Å². The SMILES string of the molecule is Brc1nc(C2CCc3ccccc32)ns1. The Morgan fingerprint density at radius 3 is 3.00 bits per heavy atom.